The number of benzene rings is 1. The molecule has 2 amide bonds. The first kappa shape index (κ1) is 30.7. The molecule has 13 heteroatoms. The van der Waals surface area contributed by atoms with Crippen LogP contribution < -0.4 is 16.0 Å². The molecule has 40 heavy (non-hydrogen) atoms. The second-order valence-corrected chi connectivity index (χ2v) is 9.86. The van der Waals surface area contributed by atoms with E-state index < -0.39 is 61.1 Å². The van der Waals surface area contributed by atoms with Gasteiger partial charge >= 0.3 is 19.1 Å². The van der Waals surface area contributed by atoms with Gasteiger partial charge in [0.1, 0.15) is 17.8 Å². The van der Waals surface area contributed by atoms with E-state index in [0.717, 1.165) is 5.56 Å². The van der Waals surface area contributed by atoms with Crippen LogP contribution >= 0.6 is 0 Å². The lowest BCUT2D eigenvalue weighted by atomic mass is 9.72. The number of hydrogen-bond acceptors (Lipinski definition) is 10. The summed E-state index contributed by atoms with van der Waals surface area (Å²) in [6.45, 7) is 5.13. The summed E-state index contributed by atoms with van der Waals surface area (Å²) in [7, 11) is 1.32. The van der Waals surface area contributed by atoms with E-state index in [2.05, 4.69) is 20.9 Å². The van der Waals surface area contributed by atoms with Crippen LogP contribution in [0.25, 0.3) is 11.3 Å². The first-order valence-corrected chi connectivity index (χ1v) is 13.0. The van der Waals surface area contributed by atoms with Crippen molar-refractivity contribution in [3.63, 3.8) is 0 Å². The number of rotatable bonds is 11. The maximum Gasteiger partial charge on any atom is 0.552 e. The Morgan fingerprint density at radius 2 is 1.77 bits per heavy atom. The van der Waals surface area contributed by atoms with E-state index in [-0.39, 0.29) is 11.6 Å². The molecule has 2 aromatic rings. The van der Waals surface area contributed by atoms with Gasteiger partial charge in [0, 0.05) is 5.56 Å². The predicted molar refractivity (Wildman–Crippen MR) is 146 cm³/mol. The van der Waals surface area contributed by atoms with Crippen molar-refractivity contribution in [2.75, 3.05) is 14.2 Å². The summed E-state index contributed by atoms with van der Waals surface area (Å²) < 4.78 is 16.0. The van der Waals surface area contributed by atoms with Gasteiger partial charge in [-0.15, -0.1) is 0 Å². The SMILES string of the molecule is CN[C@@H]1C(=O)OB([C@H](CC(C)C)NC(=O)[C@@H](NC(=O)c2cccc(-c3ccccc3)n2)[C@@H](C)O)O[C@H]1C(=O)OC. The Hall–Kier alpha value is -3.81. The molecule has 1 fully saturated rings. The van der Waals surface area contributed by atoms with Gasteiger partial charge in [-0.25, -0.2) is 9.78 Å². The quantitative estimate of drug-likeness (QED) is 0.227. The van der Waals surface area contributed by atoms with Crippen LogP contribution in [0.15, 0.2) is 48.5 Å². The molecule has 214 valence electrons. The van der Waals surface area contributed by atoms with Crippen LogP contribution in [0, 0.1) is 5.92 Å². The summed E-state index contributed by atoms with van der Waals surface area (Å²) in [6.07, 6.45) is -2.29. The lowest BCUT2D eigenvalue weighted by Crippen LogP contribution is -2.65. The molecule has 2 heterocycles. The minimum Gasteiger partial charge on any atom is -0.507 e. The van der Waals surface area contributed by atoms with Crippen LogP contribution in [-0.4, -0.2) is 85.4 Å². The predicted octanol–water partition coefficient (Wildman–Crippen LogP) is 0.489. The number of aliphatic hydroxyl groups is 1. The number of aromatic nitrogens is 1. The van der Waals surface area contributed by atoms with Crippen LogP contribution in [-0.2, 0) is 28.4 Å². The smallest absolute Gasteiger partial charge is 0.507 e. The average Bonchev–Trinajstić information content (AvgIpc) is 2.94. The molecule has 0 saturated carbocycles. The third-order valence-corrected chi connectivity index (χ3v) is 6.30. The van der Waals surface area contributed by atoms with Crippen LogP contribution in [0.5, 0.6) is 0 Å². The van der Waals surface area contributed by atoms with Crippen LogP contribution in [0.1, 0.15) is 37.7 Å². The first-order valence-electron chi connectivity index (χ1n) is 13.0. The fraction of sp³-hybridized carbons (Fsp3) is 0.444. The van der Waals surface area contributed by atoms with Crippen molar-refractivity contribution in [3.05, 3.63) is 54.2 Å². The highest BCUT2D eigenvalue weighted by atomic mass is 16.7. The van der Waals surface area contributed by atoms with Crippen molar-refractivity contribution >= 4 is 30.9 Å². The van der Waals surface area contributed by atoms with Gasteiger partial charge in [-0.3, -0.25) is 14.4 Å². The second kappa shape index (κ2) is 14.0. The van der Waals surface area contributed by atoms with E-state index in [1.165, 1.54) is 27.1 Å². The molecule has 12 nitrogen and oxygen atoms in total. The first-order chi connectivity index (χ1) is 19.0. The molecule has 0 unspecified atom stereocenters. The van der Waals surface area contributed by atoms with Gasteiger partial charge in [-0.2, -0.15) is 0 Å². The van der Waals surface area contributed by atoms with E-state index in [1.54, 1.807) is 12.1 Å². The van der Waals surface area contributed by atoms with E-state index in [4.69, 9.17) is 14.0 Å². The van der Waals surface area contributed by atoms with E-state index in [1.807, 2.05) is 44.2 Å². The highest BCUT2D eigenvalue weighted by molar-refractivity contribution is 6.50. The fourth-order valence-corrected chi connectivity index (χ4v) is 4.29. The molecule has 0 spiro atoms. The fourth-order valence-electron chi connectivity index (χ4n) is 4.29. The Labute approximate surface area is 233 Å². The van der Waals surface area contributed by atoms with Crippen molar-refractivity contribution in [1.82, 2.24) is 20.9 Å². The number of aliphatic hydroxyl groups excluding tert-OH is 1. The summed E-state index contributed by atoms with van der Waals surface area (Å²) in [4.78, 5) is 55.7. The molecule has 0 aliphatic carbocycles. The van der Waals surface area contributed by atoms with E-state index in [9.17, 15) is 24.3 Å². The third-order valence-electron chi connectivity index (χ3n) is 6.30. The number of carbonyl (C=O) groups is 4. The Morgan fingerprint density at radius 3 is 2.38 bits per heavy atom. The lowest BCUT2D eigenvalue weighted by molar-refractivity contribution is -0.163. The molecular weight excluding hydrogens is 519 g/mol. The largest absolute Gasteiger partial charge is 0.552 e. The summed E-state index contributed by atoms with van der Waals surface area (Å²) in [5, 5.41) is 18.3. The molecular formula is C27H35BN4O8. The molecule has 1 aromatic carbocycles. The Morgan fingerprint density at radius 1 is 1.07 bits per heavy atom. The van der Waals surface area contributed by atoms with Gasteiger partial charge in [-0.1, -0.05) is 50.2 Å². The molecule has 1 saturated heterocycles. The van der Waals surface area contributed by atoms with Gasteiger partial charge in [0.05, 0.1) is 24.8 Å². The van der Waals surface area contributed by atoms with Crippen molar-refractivity contribution in [1.29, 1.82) is 0 Å². The topological polar surface area (TPSA) is 165 Å². The highest BCUT2D eigenvalue weighted by Crippen LogP contribution is 2.20. The second-order valence-electron chi connectivity index (χ2n) is 9.86. The van der Waals surface area contributed by atoms with Crippen molar-refractivity contribution in [2.45, 2.75) is 57.4 Å². The number of methoxy groups -OCH3 is 1. The number of carbonyl (C=O) groups excluding carboxylic acids is 4. The Kier molecular flexibility index (Phi) is 10.8. The van der Waals surface area contributed by atoms with Gasteiger partial charge in [-0.05, 0) is 38.4 Å². The lowest BCUT2D eigenvalue weighted by Gasteiger charge is -2.36. The minimum atomic E-state index is -1.37. The number of likely N-dealkylation sites (N-methyl/N-ethyl adjacent to an activating group) is 1. The number of hydrogen-bond donors (Lipinski definition) is 4. The Bertz CT molecular complexity index is 1200. The van der Waals surface area contributed by atoms with Gasteiger partial charge in [0.2, 0.25) is 5.91 Å². The van der Waals surface area contributed by atoms with E-state index in [0.29, 0.717) is 12.1 Å². The minimum absolute atomic E-state index is 0.00993. The standard InChI is InChI=1S/C27H35BN4O8/c1-15(2)14-20(28-39-23(27(37)38-5)22(29-4)26(36)40-28)31-25(35)21(16(3)33)32-24(34)19-13-9-12-18(30-19)17-10-7-6-8-11-17/h6-13,15-16,20-23,29,33H,14H2,1-5H3,(H,31,35)(H,32,34)/t16-,20+,21+,22+,23-/m1/s1. The number of nitrogens with zero attached hydrogens (tertiary/aromatic N) is 1. The van der Waals surface area contributed by atoms with Crippen LogP contribution in [0.3, 0.4) is 0 Å². The molecule has 1 aliphatic rings. The normalized spacial score (nSPS) is 19.3. The zero-order chi connectivity index (χ0) is 29.4. The van der Waals surface area contributed by atoms with Gasteiger partial charge in [0.25, 0.3) is 5.91 Å². The van der Waals surface area contributed by atoms with Crippen molar-refractivity contribution in [3.8, 4) is 11.3 Å². The summed E-state index contributed by atoms with van der Waals surface area (Å²) in [5.74, 6) is -3.83. The molecule has 5 atom stereocenters. The number of pyridine rings is 1. The monoisotopic (exact) mass is 554 g/mol. The zero-order valence-corrected chi connectivity index (χ0v) is 23.1. The highest BCUT2D eigenvalue weighted by Gasteiger charge is 2.50. The van der Waals surface area contributed by atoms with Crippen molar-refractivity contribution in [2.24, 2.45) is 5.92 Å². The molecule has 4 N–H and O–H groups in total. The molecule has 0 radical (unpaired) electrons. The number of ether oxygens (including phenoxy) is 1. The number of esters is 1. The van der Waals surface area contributed by atoms with Gasteiger partial charge in [0.15, 0.2) is 6.10 Å². The Balaban J connectivity index is 1.78. The van der Waals surface area contributed by atoms with Crippen LogP contribution in [0.4, 0.5) is 0 Å². The third kappa shape index (κ3) is 7.65. The average molecular weight is 554 g/mol. The molecule has 3 rings (SSSR count). The van der Waals surface area contributed by atoms with E-state index >= 15 is 0 Å². The molecule has 1 aromatic heterocycles. The summed E-state index contributed by atoms with van der Waals surface area (Å²) in [5.41, 5.74) is 1.44. The maximum absolute atomic E-state index is 13.3. The molecule has 1 aliphatic heterocycles. The molecule has 0 bridgehead atoms. The summed E-state index contributed by atoms with van der Waals surface area (Å²) in [6, 6.07) is 11.7. The maximum atomic E-state index is 13.3. The number of amides is 2. The van der Waals surface area contributed by atoms with Crippen molar-refractivity contribution < 1.29 is 38.3 Å². The zero-order valence-electron chi connectivity index (χ0n) is 23.1. The number of nitrogens with one attached hydrogen (secondary N) is 3. The summed E-state index contributed by atoms with van der Waals surface area (Å²) >= 11 is 0. The van der Waals surface area contributed by atoms with Crippen LogP contribution in [0.2, 0.25) is 0 Å². The van der Waals surface area contributed by atoms with Gasteiger partial charge < -0.3 is 35.1 Å².